The van der Waals surface area contributed by atoms with Crippen molar-refractivity contribution in [2.24, 2.45) is 5.92 Å². The van der Waals surface area contributed by atoms with Gasteiger partial charge in [0.1, 0.15) is 0 Å². The first kappa shape index (κ1) is 18.4. The molecule has 2 heterocycles. The summed E-state index contributed by atoms with van der Waals surface area (Å²) >= 11 is 0. The van der Waals surface area contributed by atoms with Crippen LogP contribution in [0.25, 0.3) is 0 Å². The minimum atomic E-state index is -0.182. The Bertz CT molecular complexity index is 968. The Hall–Kier alpha value is -2.59. The van der Waals surface area contributed by atoms with Gasteiger partial charge in [0.15, 0.2) is 0 Å². The van der Waals surface area contributed by atoms with E-state index in [1.165, 1.54) is 18.2 Å². The van der Waals surface area contributed by atoms with Gasteiger partial charge in [-0.15, -0.1) is 0 Å². The van der Waals surface area contributed by atoms with Crippen molar-refractivity contribution in [1.29, 1.82) is 0 Å². The molecule has 2 aliphatic heterocycles. The third-order valence-electron chi connectivity index (χ3n) is 7.20. The maximum absolute atomic E-state index is 12.7. The van der Waals surface area contributed by atoms with Crippen LogP contribution in [0.3, 0.4) is 0 Å². The average molecular weight is 389 g/mol. The number of rotatable bonds is 4. The number of hydrogen-bond donors (Lipinski definition) is 1. The van der Waals surface area contributed by atoms with E-state index in [1.54, 1.807) is 0 Å². The Labute approximate surface area is 172 Å². The van der Waals surface area contributed by atoms with Gasteiger partial charge in [-0.2, -0.15) is 0 Å². The molecule has 3 atom stereocenters. The zero-order chi connectivity index (χ0) is 20.0. The SMILES string of the molecule is CCC1CC(C(=O)OC)=C2Nc3ccccc3C23CCN(Cc2ccccc2)C13. The van der Waals surface area contributed by atoms with Crippen LogP contribution in [0, 0.1) is 5.92 Å². The number of nitrogens with zero attached hydrogens (tertiary/aromatic N) is 1. The first-order valence-corrected chi connectivity index (χ1v) is 10.7. The monoisotopic (exact) mass is 388 g/mol. The molecule has 3 aliphatic rings. The van der Waals surface area contributed by atoms with Crippen LogP contribution in [-0.2, 0) is 21.5 Å². The molecule has 1 N–H and O–H groups in total. The van der Waals surface area contributed by atoms with Crippen LogP contribution in [0.2, 0.25) is 0 Å². The molecule has 2 aromatic carbocycles. The van der Waals surface area contributed by atoms with Gasteiger partial charge in [0, 0.05) is 30.5 Å². The number of hydrogen-bond acceptors (Lipinski definition) is 4. The number of para-hydroxylation sites is 1. The van der Waals surface area contributed by atoms with Gasteiger partial charge in [0.05, 0.1) is 18.1 Å². The number of benzene rings is 2. The maximum Gasteiger partial charge on any atom is 0.335 e. The van der Waals surface area contributed by atoms with Crippen molar-refractivity contribution in [2.45, 2.75) is 44.2 Å². The van der Waals surface area contributed by atoms with Crippen molar-refractivity contribution in [1.82, 2.24) is 4.90 Å². The largest absolute Gasteiger partial charge is 0.466 e. The summed E-state index contributed by atoms with van der Waals surface area (Å²) < 4.78 is 5.21. The molecule has 2 aromatic rings. The fourth-order valence-electron chi connectivity index (χ4n) is 6.04. The molecule has 4 nitrogen and oxygen atoms in total. The van der Waals surface area contributed by atoms with E-state index < -0.39 is 0 Å². The predicted octanol–water partition coefficient (Wildman–Crippen LogP) is 4.48. The number of likely N-dealkylation sites (tertiary alicyclic amines) is 1. The molecule has 150 valence electrons. The Morgan fingerprint density at radius 3 is 2.69 bits per heavy atom. The van der Waals surface area contributed by atoms with Gasteiger partial charge in [-0.3, -0.25) is 4.90 Å². The molecule has 3 unspecified atom stereocenters. The van der Waals surface area contributed by atoms with Crippen LogP contribution >= 0.6 is 0 Å². The van der Waals surface area contributed by atoms with E-state index in [4.69, 9.17) is 4.74 Å². The van der Waals surface area contributed by atoms with Gasteiger partial charge >= 0.3 is 5.97 Å². The van der Waals surface area contributed by atoms with Crippen LogP contribution in [0.5, 0.6) is 0 Å². The van der Waals surface area contributed by atoms with Crippen LogP contribution < -0.4 is 5.32 Å². The van der Waals surface area contributed by atoms with Crippen LogP contribution in [0.1, 0.15) is 37.3 Å². The Morgan fingerprint density at radius 1 is 1.17 bits per heavy atom. The molecule has 1 spiro atoms. The Morgan fingerprint density at radius 2 is 1.93 bits per heavy atom. The lowest BCUT2D eigenvalue weighted by Crippen LogP contribution is -2.51. The summed E-state index contributed by atoms with van der Waals surface area (Å²) in [6.07, 6.45) is 2.85. The summed E-state index contributed by atoms with van der Waals surface area (Å²) in [5.74, 6) is 0.241. The fraction of sp³-hybridized carbons (Fsp3) is 0.400. The van der Waals surface area contributed by atoms with Crippen molar-refractivity contribution >= 4 is 11.7 Å². The Balaban J connectivity index is 1.65. The van der Waals surface area contributed by atoms with Crippen LogP contribution in [0.15, 0.2) is 65.9 Å². The fourth-order valence-corrected chi connectivity index (χ4v) is 6.04. The highest BCUT2D eigenvalue weighted by Crippen LogP contribution is 2.59. The number of anilines is 1. The van der Waals surface area contributed by atoms with E-state index in [1.807, 2.05) is 0 Å². The standard InChI is InChI=1S/C25H28N2O2/c1-3-18-15-19(24(28)29-2)22-25(20-11-7-8-12-21(20)26-22)13-14-27(23(18)25)16-17-9-5-4-6-10-17/h4-12,18,23,26H,3,13-16H2,1-2H3. The molecule has 0 amide bonds. The predicted molar refractivity (Wildman–Crippen MR) is 114 cm³/mol. The lowest BCUT2D eigenvalue weighted by atomic mass is 9.63. The summed E-state index contributed by atoms with van der Waals surface area (Å²) in [5.41, 5.74) is 5.63. The molecule has 0 radical (unpaired) electrons. The number of nitrogens with one attached hydrogen (secondary N) is 1. The zero-order valence-corrected chi connectivity index (χ0v) is 17.2. The molecule has 1 aliphatic carbocycles. The van der Waals surface area contributed by atoms with E-state index >= 15 is 0 Å². The first-order valence-electron chi connectivity index (χ1n) is 10.7. The first-order chi connectivity index (χ1) is 14.2. The summed E-state index contributed by atoms with van der Waals surface area (Å²) in [5, 5.41) is 3.65. The van der Waals surface area contributed by atoms with E-state index in [-0.39, 0.29) is 11.4 Å². The Kier molecular flexibility index (Phi) is 4.47. The van der Waals surface area contributed by atoms with Crippen LogP contribution in [0.4, 0.5) is 5.69 Å². The second kappa shape index (κ2) is 7.03. The highest BCUT2D eigenvalue weighted by Gasteiger charge is 2.60. The molecule has 0 bridgehead atoms. The molecule has 0 saturated carbocycles. The maximum atomic E-state index is 12.7. The number of methoxy groups -OCH3 is 1. The highest BCUT2D eigenvalue weighted by molar-refractivity contribution is 5.92. The van der Waals surface area contributed by atoms with Gasteiger partial charge in [-0.25, -0.2) is 4.79 Å². The van der Waals surface area contributed by atoms with Gasteiger partial charge < -0.3 is 10.1 Å². The van der Waals surface area contributed by atoms with Crippen molar-refractivity contribution < 1.29 is 9.53 Å². The normalized spacial score (nSPS) is 27.8. The molecular formula is C25H28N2O2. The molecule has 1 fully saturated rings. The van der Waals surface area contributed by atoms with Gasteiger partial charge in [0.2, 0.25) is 0 Å². The number of esters is 1. The minimum Gasteiger partial charge on any atom is -0.466 e. The highest BCUT2D eigenvalue weighted by atomic mass is 16.5. The van der Waals surface area contributed by atoms with E-state index in [9.17, 15) is 4.79 Å². The molecule has 1 saturated heterocycles. The third kappa shape index (κ3) is 2.66. The number of carbonyl (C=O) groups is 1. The van der Waals surface area contributed by atoms with Gasteiger partial charge in [-0.1, -0.05) is 61.9 Å². The second-order valence-corrected chi connectivity index (χ2v) is 8.51. The summed E-state index contributed by atoms with van der Waals surface area (Å²) in [6.45, 7) is 4.24. The van der Waals surface area contributed by atoms with E-state index in [2.05, 4.69) is 71.7 Å². The number of fused-ring (bicyclic) bond motifs is 1. The molecule has 29 heavy (non-hydrogen) atoms. The topological polar surface area (TPSA) is 41.6 Å². The van der Waals surface area contributed by atoms with Crippen molar-refractivity contribution in [3.63, 3.8) is 0 Å². The lowest BCUT2D eigenvalue weighted by molar-refractivity contribution is -0.136. The van der Waals surface area contributed by atoms with E-state index in [0.29, 0.717) is 12.0 Å². The van der Waals surface area contributed by atoms with Crippen molar-refractivity contribution in [3.05, 3.63) is 77.0 Å². The third-order valence-corrected chi connectivity index (χ3v) is 7.20. The number of ether oxygens (including phenoxy) is 1. The second-order valence-electron chi connectivity index (χ2n) is 8.51. The smallest absolute Gasteiger partial charge is 0.335 e. The minimum absolute atomic E-state index is 0.145. The average Bonchev–Trinajstić information content (AvgIpc) is 3.31. The van der Waals surface area contributed by atoms with Gasteiger partial charge in [-0.05, 0) is 36.0 Å². The summed E-state index contributed by atoms with van der Waals surface area (Å²) in [6, 6.07) is 19.7. The molecular weight excluding hydrogens is 360 g/mol. The van der Waals surface area contributed by atoms with Crippen LogP contribution in [-0.4, -0.2) is 30.6 Å². The molecule has 0 aromatic heterocycles. The van der Waals surface area contributed by atoms with Gasteiger partial charge in [0.25, 0.3) is 0 Å². The molecule has 5 rings (SSSR count). The quantitative estimate of drug-likeness (QED) is 0.784. The lowest BCUT2D eigenvalue weighted by Gasteiger charge is -2.45. The van der Waals surface area contributed by atoms with Crippen molar-refractivity contribution in [2.75, 3.05) is 19.0 Å². The summed E-state index contributed by atoms with van der Waals surface area (Å²) in [4.78, 5) is 15.4. The molecule has 4 heteroatoms. The van der Waals surface area contributed by atoms with E-state index in [0.717, 1.165) is 49.3 Å². The zero-order valence-electron chi connectivity index (χ0n) is 17.2. The van der Waals surface area contributed by atoms with Crippen molar-refractivity contribution in [3.8, 4) is 0 Å². The number of carbonyl (C=O) groups excluding carboxylic acids is 1. The summed E-state index contributed by atoms with van der Waals surface area (Å²) in [7, 11) is 1.49.